The van der Waals surface area contributed by atoms with Gasteiger partial charge >= 0.3 is 5.97 Å². The Balaban J connectivity index is 2.15. The summed E-state index contributed by atoms with van der Waals surface area (Å²) in [7, 11) is 0. The molecule has 0 amide bonds. The summed E-state index contributed by atoms with van der Waals surface area (Å²) in [6.45, 7) is 4.40. The number of hydrogen-bond acceptors (Lipinski definition) is 2. The van der Waals surface area contributed by atoms with Crippen LogP contribution >= 0.6 is 0 Å². The van der Waals surface area contributed by atoms with E-state index in [0.29, 0.717) is 6.61 Å². The third-order valence-electron chi connectivity index (χ3n) is 3.41. The van der Waals surface area contributed by atoms with Gasteiger partial charge in [0.25, 0.3) is 0 Å². The van der Waals surface area contributed by atoms with Crippen LogP contribution in [0.3, 0.4) is 0 Å². The molecule has 0 spiro atoms. The summed E-state index contributed by atoms with van der Waals surface area (Å²) in [6, 6.07) is 8.40. The first-order valence-corrected chi connectivity index (χ1v) is 6.64. The molecule has 1 aliphatic carbocycles. The smallest absolute Gasteiger partial charge is 0.313 e. The van der Waals surface area contributed by atoms with Crippen molar-refractivity contribution in [3.63, 3.8) is 0 Å². The molecule has 1 aromatic rings. The van der Waals surface area contributed by atoms with E-state index in [-0.39, 0.29) is 11.9 Å². The van der Waals surface area contributed by atoms with Crippen LogP contribution < -0.4 is 0 Å². The first kappa shape index (κ1) is 12.9. The first-order valence-electron chi connectivity index (χ1n) is 6.64. The Morgan fingerprint density at radius 2 is 2.11 bits per heavy atom. The van der Waals surface area contributed by atoms with Crippen molar-refractivity contribution < 1.29 is 9.53 Å². The standard InChI is InChI=1S/C16H20O2/c1-3-18-16(17)15-6-4-5-14(15)11-13-9-7-12(2)8-10-13/h7-11,15H,3-6H2,1-2H3/b14-11+. The zero-order valence-corrected chi connectivity index (χ0v) is 11.1. The summed E-state index contributed by atoms with van der Waals surface area (Å²) < 4.78 is 5.13. The molecule has 0 aliphatic heterocycles. The van der Waals surface area contributed by atoms with Crippen molar-refractivity contribution in [2.45, 2.75) is 33.1 Å². The third-order valence-corrected chi connectivity index (χ3v) is 3.41. The number of hydrogen-bond donors (Lipinski definition) is 0. The van der Waals surface area contributed by atoms with Crippen LogP contribution in [0, 0.1) is 12.8 Å². The summed E-state index contributed by atoms with van der Waals surface area (Å²) in [5.74, 6) is -0.0837. The van der Waals surface area contributed by atoms with Crippen LogP contribution in [0.25, 0.3) is 6.08 Å². The number of aryl methyl sites for hydroxylation is 1. The van der Waals surface area contributed by atoms with Crippen LogP contribution in [0.2, 0.25) is 0 Å². The summed E-state index contributed by atoms with van der Waals surface area (Å²) in [6.07, 6.45) is 5.17. The number of esters is 1. The molecule has 1 atom stereocenters. The molecule has 1 saturated carbocycles. The molecule has 18 heavy (non-hydrogen) atoms. The van der Waals surface area contributed by atoms with Crippen molar-refractivity contribution in [1.82, 2.24) is 0 Å². The molecule has 0 saturated heterocycles. The van der Waals surface area contributed by atoms with E-state index in [2.05, 4.69) is 37.3 Å². The van der Waals surface area contributed by atoms with E-state index in [4.69, 9.17) is 4.74 Å². The minimum absolute atomic E-state index is 0.0220. The lowest BCUT2D eigenvalue weighted by molar-refractivity contribution is -0.146. The van der Waals surface area contributed by atoms with Gasteiger partial charge in [-0.25, -0.2) is 0 Å². The molecular weight excluding hydrogens is 224 g/mol. The quantitative estimate of drug-likeness (QED) is 0.757. The van der Waals surface area contributed by atoms with Gasteiger partial charge in [-0.05, 0) is 38.7 Å². The molecule has 2 heteroatoms. The Labute approximate surface area is 109 Å². The second-order valence-corrected chi connectivity index (χ2v) is 4.83. The van der Waals surface area contributed by atoms with Gasteiger partial charge in [-0.2, -0.15) is 0 Å². The number of carbonyl (C=O) groups excluding carboxylic acids is 1. The summed E-state index contributed by atoms with van der Waals surface area (Å²) >= 11 is 0. The lowest BCUT2D eigenvalue weighted by atomic mass is 10.00. The Morgan fingerprint density at radius 1 is 1.39 bits per heavy atom. The summed E-state index contributed by atoms with van der Waals surface area (Å²) in [4.78, 5) is 11.8. The van der Waals surface area contributed by atoms with Crippen LogP contribution in [0.5, 0.6) is 0 Å². The normalized spacial score (nSPS) is 21.2. The number of rotatable bonds is 3. The Bertz CT molecular complexity index is 443. The van der Waals surface area contributed by atoms with E-state index in [9.17, 15) is 4.79 Å². The second kappa shape index (κ2) is 5.85. The van der Waals surface area contributed by atoms with Crippen LogP contribution in [0.4, 0.5) is 0 Å². The van der Waals surface area contributed by atoms with Gasteiger partial charge in [-0.3, -0.25) is 4.79 Å². The molecular formula is C16H20O2. The number of carbonyl (C=O) groups is 1. The predicted molar refractivity (Wildman–Crippen MR) is 73.1 cm³/mol. The minimum Gasteiger partial charge on any atom is -0.466 e. The van der Waals surface area contributed by atoms with Gasteiger partial charge in [0.2, 0.25) is 0 Å². The summed E-state index contributed by atoms with van der Waals surface area (Å²) in [5.41, 5.74) is 3.65. The molecule has 1 fully saturated rings. The topological polar surface area (TPSA) is 26.3 Å². The van der Waals surface area contributed by atoms with Crippen LogP contribution in [0.15, 0.2) is 29.8 Å². The van der Waals surface area contributed by atoms with Crippen molar-refractivity contribution in [2.75, 3.05) is 6.61 Å². The molecule has 1 aromatic carbocycles. The fourth-order valence-electron chi connectivity index (χ4n) is 2.43. The van der Waals surface area contributed by atoms with Crippen LogP contribution in [-0.4, -0.2) is 12.6 Å². The van der Waals surface area contributed by atoms with Crippen molar-refractivity contribution in [2.24, 2.45) is 5.92 Å². The minimum atomic E-state index is -0.0617. The van der Waals surface area contributed by atoms with Gasteiger partial charge in [0.15, 0.2) is 0 Å². The molecule has 2 nitrogen and oxygen atoms in total. The molecule has 0 aromatic heterocycles. The average molecular weight is 244 g/mol. The van der Waals surface area contributed by atoms with E-state index in [1.807, 2.05) is 6.92 Å². The summed E-state index contributed by atoms with van der Waals surface area (Å²) in [5, 5.41) is 0. The molecule has 2 rings (SSSR count). The molecule has 1 unspecified atom stereocenters. The first-order chi connectivity index (χ1) is 8.70. The Kier molecular flexibility index (Phi) is 4.19. The number of benzene rings is 1. The highest BCUT2D eigenvalue weighted by atomic mass is 16.5. The molecule has 0 radical (unpaired) electrons. The van der Waals surface area contributed by atoms with Gasteiger partial charge in [0, 0.05) is 0 Å². The van der Waals surface area contributed by atoms with Crippen molar-refractivity contribution in [3.8, 4) is 0 Å². The van der Waals surface area contributed by atoms with E-state index in [0.717, 1.165) is 19.3 Å². The van der Waals surface area contributed by atoms with E-state index >= 15 is 0 Å². The van der Waals surface area contributed by atoms with Gasteiger partial charge in [0.05, 0.1) is 12.5 Å². The zero-order chi connectivity index (χ0) is 13.0. The van der Waals surface area contributed by atoms with Gasteiger partial charge < -0.3 is 4.74 Å². The molecule has 96 valence electrons. The van der Waals surface area contributed by atoms with Crippen LogP contribution in [-0.2, 0) is 9.53 Å². The SMILES string of the molecule is CCOC(=O)C1CCC/C1=C\c1ccc(C)cc1. The Hall–Kier alpha value is -1.57. The molecule has 0 heterocycles. The lowest BCUT2D eigenvalue weighted by Crippen LogP contribution is -2.16. The monoisotopic (exact) mass is 244 g/mol. The zero-order valence-electron chi connectivity index (χ0n) is 11.1. The maximum absolute atomic E-state index is 11.8. The van der Waals surface area contributed by atoms with E-state index in [1.54, 1.807) is 0 Å². The maximum Gasteiger partial charge on any atom is 0.313 e. The average Bonchev–Trinajstić information content (AvgIpc) is 2.81. The van der Waals surface area contributed by atoms with E-state index < -0.39 is 0 Å². The van der Waals surface area contributed by atoms with Gasteiger partial charge in [-0.1, -0.05) is 41.5 Å². The van der Waals surface area contributed by atoms with Crippen molar-refractivity contribution in [3.05, 3.63) is 41.0 Å². The second-order valence-electron chi connectivity index (χ2n) is 4.83. The highest BCUT2D eigenvalue weighted by Crippen LogP contribution is 2.33. The van der Waals surface area contributed by atoms with E-state index in [1.165, 1.54) is 16.7 Å². The number of ether oxygens (including phenoxy) is 1. The molecule has 0 N–H and O–H groups in total. The molecule has 1 aliphatic rings. The highest BCUT2D eigenvalue weighted by Gasteiger charge is 2.28. The fourth-order valence-corrected chi connectivity index (χ4v) is 2.43. The van der Waals surface area contributed by atoms with Crippen LogP contribution in [0.1, 0.15) is 37.3 Å². The largest absolute Gasteiger partial charge is 0.466 e. The Morgan fingerprint density at radius 3 is 2.78 bits per heavy atom. The van der Waals surface area contributed by atoms with Crippen molar-refractivity contribution >= 4 is 12.0 Å². The fraction of sp³-hybridized carbons (Fsp3) is 0.438. The lowest BCUT2D eigenvalue weighted by Gasteiger charge is -2.10. The maximum atomic E-state index is 11.8. The van der Waals surface area contributed by atoms with Crippen molar-refractivity contribution in [1.29, 1.82) is 0 Å². The predicted octanol–water partition coefficient (Wildman–Crippen LogP) is 3.74. The van der Waals surface area contributed by atoms with Gasteiger partial charge in [0.1, 0.15) is 0 Å². The van der Waals surface area contributed by atoms with Gasteiger partial charge in [-0.15, -0.1) is 0 Å². The third kappa shape index (κ3) is 3.00. The molecule has 0 bridgehead atoms. The highest BCUT2D eigenvalue weighted by molar-refractivity contribution is 5.78.